The van der Waals surface area contributed by atoms with Gasteiger partial charge in [-0.3, -0.25) is 0 Å². The van der Waals surface area contributed by atoms with E-state index in [9.17, 15) is 13.5 Å². The first-order chi connectivity index (χ1) is 9.88. The molecule has 1 N–H and O–H groups in total. The van der Waals surface area contributed by atoms with E-state index < -0.39 is 10.0 Å². The van der Waals surface area contributed by atoms with Gasteiger partial charge in [0.15, 0.2) is 0 Å². The Morgan fingerprint density at radius 3 is 2.62 bits per heavy atom. The topological polar surface area (TPSA) is 62.5 Å². The lowest BCUT2D eigenvalue weighted by molar-refractivity contribution is 0.271. The molecular formula is C13H17BrN2O3S2. The summed E-state index contributed by atoms with van der Waals surface area (Å²) in [5.74, 6) is 0. The summed E-state index contributed by atoms with van der Waals surface area (Å²) in [7, 11) is -2.00. The van der Waals surface area contributed by atoms with E-state index in [-0.39, 0.29) is 11.5 Å². The van der Waals surface area contributed by atoms with Gasteiger partial charge in [0.2, 0.25) is 10.0 Å². The fourth-order valence-corrected chi connectivity index (χ4v) is 4.81. The Kier molecular flexibility index (Phi) is 5.26. The Labute approximate surface area is 137 Å². The van der Waals surface area contributed by atoms with Crippen molar-refractivity contribution in [3.05, 3.63) is 38.8 Å². The molecule has 0 fully saturated rings. The highest BCUT2D eigenvalue weighted by Gasteiger charge is 2.23. The predicted molar refractivity (Wildman–Crippen MR) is 86.7 cm³/mol. The van der Waals surface area contributed by atoms with Crippen molar-refractivity contribution in [2.75, 3.05) is 7.05 Å². The number of thiophene rings is 1. The standard InChI is InChI=1S/C13H17BrN2O3S2/c1-3-16-7-13(5-11(16)8-17)21(18,19)15(2)6-12-4-10(14)9-20-12/h4-5,7,9,17H,3,6,8H2,1-2H3. The van der Waals surface area contributed by atoms with Gasteiger partial charge in [-0.2, -0.15) is 4.31 Å². The Bertz CT molecular complexity index is 700. The van der Waals surface area contributed by atoms with E-state index in [0.717, 1.165) is 9.35 Å². The van der Waals surface area contributed by atoms with Gasteiger partial charge in [-0.25, -0.2) is 8.42 Å². The monoisotopic (exact) mass is 392 g/mol. The van der Waals surface area contributed by atoms with E-state index in [1.807, 2.05) is 18.4 Å². The van der Waals surface area contributed by atoms with E-state index >= 15 is 0 Å². The van der Waals surface area contributed by atoms with Crippen molar-refractivity contribution >= 4 is 37.3 Å². The van der Waals surface area contributed by atoms with Crippen molar-refractivity contribution in [3.8, 4) is 0 Å². The molecule has 2 aromatic heterocycles. The van der Waals surface area contributed by atoms with E-state index in [4.69, 9.17) is 0 Å². The highest BCUT2D eigenvalue weighted by atomic mass is 79.9. The molecule has 2 aromatic rings. The Hall–Kier alpha value is -0.670. The molecule has 0 atom stereocenters. The zero-order valence-corrected chi connectivity index (χ0v) is 15.0. The van der Waals surface area contributed by atoms with Crippen molar-refractivity contribution in [2.24, 2.45) is 0 Å². The summed E-state index contributed by atoms with van der Waals surface area (Å²) in [5.41, 5.74) is 0.600. The number of nitrogens with zero attached hydrogens (tertiary/aromatic N) is 2. The summed E-state index contributed by atoms with van der Waals surface area (Å²) in [6.07, 6.45) is 1.57. The molecule has 0 aliphatic carbocycles. The quantitative estimate of drug-likeness (QED) is 0.821. The van der Waals surface area contributed by atoms with Crippen molar-refractivity contribution in [3.63, 3.8) is 0 Å². The van der Waals surface area contributed by atoms with Crippen LogP contribution in [0.4, 0.5) is 0 Å². The van der Waals surface area contributed by atoms with Gasteiger partial charge in [0.05, 0.1) is 6.61 Å². The van der Waals surface area contributed by atoms with Crippen LogP contribution < -0.4 is 0 Å². The van der Waals surface area contributed by atoms with Gasteiger partial charge in [-0.05, 0) is 35.0 Å². The second-order valence-electron chi connectivity index (χ2n) is 4.60. The van der Waals surface area contributed by atoms with E-state index in [1.165, 1.54) is 21.7 Å². The minimum absolute atomic E-state index is 0.176. The molecule has 116 valence electrons. The van der Waals surface area contributed by atoms with Gasteiger partial charge < -0.3 is 9.67 Å². The van der Waals surface area contributed by atoms with Crippen LogP contribution in [0.25, 0.3) is 0 Å². The van der Waals surface area contributed by atoms with E-state index in [1.54, 1.807) is 17.8 Å². The normalized spacial score (nSPS) is 12.2. The predicted octanol–water partition coefficient (Wildman–Crippen LogP) is 2.65. The van der Waals surface area contributed by atoms with Crippen LogP contribution in [0.2, 0.25) is 0 Å². The molecule has 5 nitrogen and oxygen atoms in total. The molecule has 21 heavy (non-hydrogen) atoms. The van der Waals surface area contributed by atoms with Crippen molar-refractivity contribution < 1.29 is 13.5 Å². The van der Waals surface area contributed by atoms with Crippen LogP contribution in [0, 0.1) is 0 Å². The summed E-state index contributed by atoms with van der Waals surface area (Å²) < 4.78 is 29.1. The number of aliphatic hydroxyl groups is 1. The van der Waals surface area contributed by atoms with Crippen molar-refractivity contribution in [1.29, 1.82) is 0 Å². The second-order valence-corrected chi connectivity index (χ2v) is 8.56. The number of hydrogen-bond acceptors (Lipinski definition) is 4. The van der Waals surface area contributed by atoms with E-state index in [0.29, 0.717) is 18.8 Å². The van der Waals surface area contributed by atoms with Gasteiger partial charge >= 0.3 is 0 Å². The summed E-state index contributed by atoms with van der Waals surface area (Å²) in [4.78, 5) is 1.18. The number of aromatic nitrogens is 1. The molecule has 0 aromatic carbocycles. The third kappa shape index (κ3) is 3.57. The van der Waals surface area contributed by atoms with Crippen LogP contribution in [-0.2, 0) is 29.7 Å². The second kappa shape index (κ2) is 6.62. The number of aryl methyl sites for hydroxylation is 1. The minimum Gasteiger partial charge on any atom is -0.390 e. The minimum atomic E-state index is -3.56. The SMILES string of the molecule is CCn1cc(S(=O)(=O)N(C)Cc2cc(Br)cs2)cc1CO. The summed E-state index contributed by atoms with van der Waals surface area (Å²) in [5, 5.41) is 11.2. The molecule has 0 aliphatic heterocycles. The molecule has 2 heterocycles. The van der Waals surface area contributed by atoms with Gasteiger partial charge in [-0.15, -0.1) is 11.3 Å². The zero-order valence-electron chi connectivity index (χ0n) is 11.8. The Morgan fingerprint density at radius 2 is 2.14 bits per heavy atom. The first kappa shape index (κ1) is 16.7. The molecular weight excluding hydrogens is 376 g/mol. The third-order valence-electron chi connectivity index (χ3n) is 3.17. The van der Waals surface area contributed by atoms with Gasteiger partial charge in [0.25, 0.3) is 0 Å². The van der Waals surface area contributed by atoms with Crippen LogP contribution in [0.1, 0.15) is 17.5 Å². The summed E-state index contributed by atoms with van der Waals surface area (Å²) in [6, 6.07) is 3.44. The number of hydrogen-bond donors (Lipinski definition) is 1. The first-order valence-corrected chi connectivity index (χ1v) is 9.49. The van der Waals surface area contributed by atoms with Crippen molar-refractivity contribution in [1.82, 2.24) is 8.87 Å². The summed E-state index contributed by atoms with van der Waals surface area (Å²) in [6.45, 7) is 2.67. The third-order valence-corrected chi connectivity index (χ3v) is 6.62. The lowest BCUT2D eigenvalue weighted by atomic mass is 10.4. The van der Waals surface area contributed by atoms with Crippen LogP contribution in [0.3, 0.4) is 0 Å². The summed E-state index contributed by atoms with van der Waals surface area (Å²) >= 11 is 4.87. The molecule has 0 unspecified atom stereocenters. The molecule has 0 bridgehead atoms. The molecule has 0 radical (unpaired) electrons. The highest BCUT2D eigenvalue weighted by Crippen LogP contribution is 2.24. The molecule has 2 rings (SSSR count). The highest BCUT2D eigenvalue weighted by molar-refractivity contribution is 9.10. The molecule has 0 amide bonds. The van der Waals surface area contributed by atoms with Crippen LogP contribution in [0.15, 0.2) is 33.1 Å². The maximum absolute atomic E-state index is 12.6. The van der Waals surface area contributed by atoms with Gasteiger partial charge in [0.1, 0.15) is 4.90 Å². The number of aliphatic hydroxyl groups excluding tert-OH is 1. The number of sulfonamides is 1. The fraction of sp³-hybridized carbons (Fsp3) is 0.385. The molecule has 0 saturated carbocycles. The lowest BCUT2D eigenvalue weighted by Crippen LogP contribution is -2.25. The van der Waals surface area contributed by atoms with Gasteiger partial charge in [-0.1, -0.05) is 0 Å². The smallest absolute Gasteiger partial charge is 0.244 e. The Morgan fingerprint density at radius 1 is 1.43 bits per heavy atom. The molecule has 8 heteroatoms. The largest absolute Gasteiger partial charge is 0.390 e. The van der Waals surface area contributed by atoms with Crippen LogP contribution in [0.5, 0.6) is 0 Å². The molecule has 0 spiro atoms. The van der Waals surface area contributed by atoms with Gasteiger partial charge in [0, 0.05) is 46.8 Å². The lowest BCUT2D eigenvalue weighted by Gasteiger charge is -2.15. The number of halogens is 1. The first-order valence-electron chi connectivity index (χ1n) is 6.37. The zero-order chi connectivity index (χ0) is 15.6. The van der Waals surface area contributed by atoms with Crippen LogP contribution in [-0.4, -0.2) is 29.4 Å². The maximum Gasteiger partial charge on any atom is 0.244 e. The van der Waals surface area contributed by atoms with Crippen LogP contribution >= 0.6 is 27.3 Å². The fourth-order valence-electron chi connectivity index (χ4n) is 2.01. The molecule has 0 saturated heterocycles. The van der Waals surface area contributed by atoms with Crippen molar-refractivity contribution in [2.45, 2.75) is 31.5 Å². The van der Waals surface area contributed by atoms with E-state index in [2.05, 4.69) is 15.9 Å². The number of rotatable bonds is 6. The average molecular weight is 393 g/mol. The Balaban J connectivity index is 2.26. The average Bonchev–Trinajstić information content (AvgIpc) is 3.04. The molecule has 0 aliphatic rings. The maximum atomic E-state index is 12.6.